The van der Waals surface area contributed by atoms with Gasteiger partial charge in [-0.15, -0.1) is 0 Å². The zero-order valence-electron chi connectivity index (χ0n) is 12.2. The Morgan fingerprint density at radius 1 is 1.24 bits per heavy atom. The Balaban J connectivity index is 2.50. The first kappa shape index (κ1) is 14.9. The van der Waals surface area contributed by atoms with E-state index in [-0.39, 0.29) is 0 Å². The van der Waals surface area contributed by atoms with Crippen molar-refractivity contribution in [2.75, 3.05) is 26.2 Å². The first-order valence-electron chi connectivity index (χ1n) is 7.14. The van der Waals surface area contributed by atoms with E-state index >= 15 is 0 Å². The predicted octanol–water partition coefficient (Wildman–Crippen LogP) is 2.12. The lowest BCUT2D eigenvalue weighted by Crippen LogP contribution is -2.54. The smallest absolute Gasteiger partial charge is 0.0678 e. The molecule has 1 unspecified atom stereocenters. The third kappa shape index (κ3) is 4.94. The van der Waals surface area contributed by atoms with Gasteiger partial charge in [0.2, 0.25) is 0 Å². The van der Waals surface area contributed by atoms with Gasteiger partial charge in [-0.3, -0.25) is 4.90 Å². The van der Waals surface area contributed by atoms with Crippen molar-refractivity contribution in [3.63, 3.8) is 0 Å². The summed E-state index contributed by atoms with van der Waals surface area (Å²) < 4.78 is 5.81. The fourth-order valence-electron chi connectivity index (χ4n) is 2.70. The number of hydrogen-bond donors (Lipinski definition) is 1. The van der Waals surface area contributed by atoms with Crippen molar-refractivity contribution in [1.82, 2.24) is 10.2 Å². The van der Waals surface area contributed by atoms with Crippen molar-refractivity contribution in [2.24, 2.45) is 5.92 Å². The topological polar surface area (TPSA) is 24.5 Å². The highest BCUT2D eigenvalue weighted by Crippen LogP contribution is 2.17. The standard InChI is InChI=1S/C14H30N2O/c1-6-7-15-8-14(11(2)3)16-9-12(4)17-13(5)10-16/h11-15H,6-10H2,1-5H3/t12-,13+,14?. The van der Waals surface area contributed by atoms with E-state index in [0.717, 1.165) is 26.2 Å². The van der Waals surface area contributed by atoms with Crippen molar-refractivity contribution in [2.45, 2.75) is 59.3 Å². The zero-order chi connectivity index (χ0) is 12.8. The largest absolute Gasteiger partial charge is 0.373 e. The zero-order valence-corrected chi connectivity index (χ0v) is 12.2. The molecule has 1 aliphatic heterocycles. The van der Waals surface area contributed by atoms with Gasteiger partial charge in [0, 0.05) is 25.7 Å². The molecule has 0 bridgehead atoms. The van der Waals surface area contributed by atoms with Crippen molar-refractivity contribution >= 4 is 0 Å². The van der Waals surface area contributed by atoms with Crippen LogP contribution in [-0.4, -0.2) is 49.3 Å². The van der Waals surface area contributed by atoms with Crippen LogP contribution in [0.5, 0.6) is 0 Å². The molecule has 1 fully saturated rings. The average Bonchev–Trinajstić information content (AvgIpc) is 2.22. The van der Waals surface area contributed by atoms with E-state index < -0.39 is 0 Å². The van der Waals surface area contributed by atoms with Crippen LogP contribution in [0.1, 0.15) is 41.0 Å². The van der Waals surface area contributed by atoms with E-state index in [2.05, 4.69) is 44.8 Å². The van der Waals surface area contributed by atoms with E-state index in [1.807, 2.05) is 0 Å². The summed E-state index contributed by atoms with van der Waals surface area (Å²) >= 11 is 0. The van der Waals surface area contributed by atoms with Gasteiger partial charge >= 0.3 is 0 Å². The number of nitrogens with one attached hydrogen (secondary N) is 1. The maximum atomic E-state index is 5.81. The summed E-state index contributed by atoms with van der Waals surface area (Å²) in [5.41, 5.74) is 0. The molecule has 1 N–H and O–H groups in total. The summed E-state index contributed by atoms with van der Waals surface area (Å²) in [5.74, 6) is 0.692. The minimum Gasteiger partial charge on any atom is -0.373 e. The number of ether oxygens (including phenoxy) is 1. The van der Waals surface area contributed by atoms with E-state index in [0.29, 0.717) is 24.2 Å². The highest BCUT2D eigenvalue weighted by molar-refractivity contribution is 4.83. The molecule has 0 aromatic rings. The normalized spacial score (nSPS) is 28.6. The molecule has 0 aromatic heterocycles. The van der Waals surface area contributed by atoms with E-state index in [1.165, 1.54) is 6.42 Å². The number of hydrogen-bond acceptors (Lipinski definition) is 3. The highest BCUT2D eigenvalue weighted by Gasteiger charge is 2.29. The Labute approximate surface area is 107 Å². The van der Waals surface area contributed by atoms with Gasteiger partial charge < -0.3 is 10.1 Å². The second-order valence-corrected chi connectivity index (χ2v) is 5.73. The fourth-order valence-corrected chi connectivity index (χ4v) is 2.70. The molecule has 0 aliphatic carbocycles. The molecule has 0 aromatic carbocycles. The van der Waals surface area contributed by atoms with Crippen LogP contribution in [0.15, 0.2) is 0 Å². The molecule has 0 amide bonds. The van der Waals surface area contributed by atoms with Crippen LogP contribution in [0.25, 0.3) is 0 Å². The summed E-state index contributed by atoms with van der Waals surface area (Å²) in [6, 6.07) is 0.635. The maximum absolute atomic E-state index is 5.81. The van der Waals surface area contributed by atoms with Gasteiger partial charge in [0.15, 0.2) is 0 Å². The molecule has 0 radical (unpaired) electrons. The van der Waals surface area contributed by atoms with Crippen LogP contribution >= 0.6 is 0 Å². The van der Waals surface area contributed by atoms with Gasteiger partial charge in [0.1, 0.15) is 0 Å². The summed E-state index contributed by atoms with van der Waals surface area (Å²) in [6.45, 7) is 15.6. The van der Waals surface area contributed by atoms with Gasteiger partial charge in [-0.05, 0) is 32.7 Å². The quantitative estimate of drug-likeness (QED) is 0.722. The van der Waals surface area contributed by atoms with Crippen molar-refractivity contribution in [1.29, 1.82) is 0 Å². The molecule has 1 rings (SSSR count). The maximum Gasteiger partial charge on any atom is 0.0678 e. The lowest BCUT2D eigenvalue weighted by atomic mass is 10.0. The number of rotatable bonds is 6. The predicted molar refractivity (Wildman–Crippen MR) is 73.4 cm³/mol. The summed E-state index contributed by atoms with van der Waals surface area (Å²) in [5, 5.41) is 3.56. The van der Waals surface area contributed by atoms with Gasteiger partial charge in [-0.2, -0.15) is 0 Å². The first-order valence-corrected chi connectivity index (χ1v) is 7.14. The van der Waals surface area contributed by atoms with Crippen LogP contribution < -0.4 is 5.32 Å². The van der Waals surface area contributed by atoms with Crippen LogP contribution in [0.4, 0.5) is 0 Å². The van der Waals surface area contributed by atoms with Gasteiger partial charge in [0.05, 0.1) is 12.2 Å². The van der Waals surface area contributed by atoms with E-state index in [9.17, 15) is 0 Å². The second kappa shape index (κ2) is 7.34. The van der Waals surface area contributed by atoms with Crippen molar-refractivity contribution < 1.29 is 4.74 Å². The van der Waals surface area contributed by atoms with Crippen molar-refractivity contribution in [3.05, 3.63) is 0 Å². The van der Waals surface area contributed by atoms with E-state index in [1.54, 1.807) is 0 Å². The minimum absolute atomic E-state index is 0.367. The Kier molecular flexibility index (Phi) is 6.45. The van der Waals surface area contributed by atoms with Crippen LogP contribution in [-0.2, 0) is 4.74 Å². The first-order chi connectivity index (χ1) is 8.04. The number of morpholine rings is 1. The third-order valence-electron chi connectivity index (χ3n) is 3.47. The SMILES string of the molecule is CCCNCC(C(C)C)N1C[C@@H](C)O[C@@H](C)C1. The molecular formula is C14H30N2O. The average molecular weight is 242 g/mol. The van der Waals surface area contributed by atoms with Gasteiger partial charge in [0.25, 0.3) is 0 Å². The molecule has 3 heteroatoms. The van der Waals surface area contributed by atoms with Crippen LogP contribution in [0.2, 0.25) is 0 Å². The molecule has 0 spiro atoms. The Hall–Kier alpha value is -0.120. The van der Waals surface area contributed by atoms with Gasteiger partial charge in [-0.25, -0.2) is 0 Å². The Morgan fingerprint density at radius 2 is 1.82 bits per heavy atom. The second-order valence-electron chi connectivity index (χ2n) is 5.73. The van der Waals surface area contributed by atoms with E-state index in [4.69, 9.17) is 4.74 Å². The Bertz CT molecular complexity index is 198. The summed E-state index contributed by atoms with van der Waals surface area (Å²) in [4.78, 5) is 2.60. The highest BCUT2D eigenvalue weighted by atomic mass is 16.5. The molecule has 1 heterocycles. The monoisotopic (exact) mass is 242 g/mol. The fraction of sp³-hybridized carbons (Fsp3) is 1.00. The number of nitrogens with zero attached hydrogens (tertiary/aromatic N) is 1. The molecule has 1 aliphatic rings. The molecular weight excluding hydrogens is 212 g/mol. The van der Waals surface area contributed by atoms with Crippen molar-refractivity contribution in [3.8, 4) is 0 Å². The lowest BCUT2D eigenvalue weighted by Gasteiger charge is -2.42. The third-order valence-corrected chi connectivity index (χ3v) is 3.47. The molecule has 0 saturated carbocycles. The van der Waals surface area contributed by atoms with Crippen LogP contribution in [0, 0.1) is 5.92 Å². The lowest BCUT2D eigenvalue weighted by molar-refractivity contribution is -0.0850. The molecule has 1 saturated heterocycles. The van der Waals surface area contributed by atoms with Crippen LogP contribution in [0.3, 0.4) is 0 Å². The van der Waals surface area contributed by atoms with Gasteiger partial charge in [-0.1, -0.05) is 20.8 Å². The Morgan fingerprint density at radius 3 is 2.29 bits per heavy atom. The molecule has 102 valence electrons. The molecule has 3 nitrogen and oxygen atoms in total. The summed E-state index contributed by atoms with van der Waals surface area (Å²) in [7, 11) is 0. The minimum atomic E-state index is 0.367. The summed E-state index contributed by atoms with van der Waals surface area (Å²) in [6.07, 6.45) is 1.94. The molecule has 17 heavy (non-hydrogen) atoms. The molecule has 3 atom stereocenters.